The Morgan fingerprint density at radius 3 is 2.56 bits per heavy atom. The Labute approximate surface area is 157 Å². The lowest BCUT2D eigenvalue weighted by Crippen LogP contribution is -2.38. The molecule has 0 bridgehead atoms. The molecule has 0 aliphatic carbocycles. The minimum absolute atomic E-state index is 0.0298. The van der Waals surface area contributed by atoms with Crippen molar-refractivity contribution in [1.29, 1.82) is 0 Å². The predicted octanol–water partition coefficient (Wildman–Crippen LogP) is 2.84. The predicted molar refractivity (Wildman–Crippen MR) is 105 cm³/mol. The molecule has 5 nitrogen and oxygen atoms in total. The van der Waals surface area contributed by atoms with E-state index >= 15 is 0 Å². The first kappa shape index (κ1) is 17.6. The molecule has 1 saturated heterocycles. The minimum Gasteiger partial charge on any atom is -0.461 e. The Bertz CT molecular complexity index is 1040. The summed E-state index contributed by atoms with van der Waals surface area (Å²) in [4.78, 5) is 27.4. The van der Waals surface area contributed by atoms with Crippen molar-refractivity contribution in [3.8, 4) is 0 Å². The van der Waals surface area contributed by atoms with Gasteiger partial charge in [-0.2, -0.15) is 0 Å². The zero-order valence-corrected chi connectivity index (χ0v) is 15.0. The number of hydrogen-bond acceptors (Lipinski definition) is 5. The van der Waals surface area contributed by atoms with Crippen LogP contribution >= 0.6 is 0 Å². The maximum absolute atomic E-state index is 12.8. The fraction of sp³-hybridized carbons (Fsp3) is 0.273. The van der Waals surface area contributed by atoms with Crippen LogP contribution in [-0.4, -0.2) is 50.3 Å². The second-order valence-corrected chi connectivity index (χ2v) is 6.64. The van der Waals surface area contributed by atoms with Crippen LogP contribution in [0, 0.1) is 0 Å². The molecule has 1 fully saturated rings. The maximum atomic E-state index is 12.8. The third-order valence-corrected chi connectivity index (χ3v) is 4.92. The van der Waals surface area contributed by atoms with Gasteiger partial charge >= 0.3 is 5.97 Å². The fourth-order valence-electron chi connectivity index (χ4n) is 3.38. The SMILES string of the molecule is O=C(OCCN1CCOCC1)c1ccc2c(=O)c3ccccc3ccc2c1. The smallest absolute Gasteiger partial charge is 0.338 e. The lowest BCUT2D eigenvalue weighted by atomic mass is 10.1. The van der Waals surface area contributed by atoms with Gasteiger partial charge in [0.1, 0.15) is 6.61 Å². The highest BCUT2D eigenvalue weighted by atomic mass is 16.5. The normalized spacial score (nSPS) is 15.1. The van der Waals surface area contributed by atoms with Crippen molar-refractivity contribution in [2.24, 2.45) is 0 Å². The average molecular weight is 363 g/mol. The summed E-state index contributed by atoms with van der Waals surface area (Å²) in [6.45, 7) is 4.22. The van der Waals surface area contributed by atoms with Gasteiger partial charge in [-0.1, -0.05) is 36.4 Å². The van der Waals surface area contributed by atoms with E-state index in [0.717, 1.165) is 37.1 Å². The summed E-state index contributed by atoms with van der Waals surface area (Å²) in [5.74, 6) is -0.367. The molecule has 1 aliphatic rings. The third kappa shape index (κ3) is 3.84. The van der Waals surface area contributed by atoms with Gasteiger partial charge in [0.2, 0.25) is 0 Å². The number of morpholine rings is 1. The molecular formula is C22H21NO4. The molecule has 0 radical (unpaired) electrons. The van der Waals surface area contributed by atoms with Crippen molar-refractivity contribution in [3.05, 3.63) is 70.4 Å². The highest BCUT2D eigenvalue weighted by molar-refractivity contribution is 5.98. The van der Waals surface area contributed by atoms with Crippen molar-refractivity contribution >= 4 is 27.5 Å². The van der Waals surface area contributed by atoms with Crippen LogP contribution in [0.4, 0.5) is 0 Å². The van der Waals surface area contributed by atoms with Crippen LogP contribution in [0.25, 0.3) is 21.5 Å². The Balaban J connectivity index is 1.55. The highest BCUT2D eigenvalue weighted by Crippen LogP contribution is 2.17. The molecule has 138 valence electrons. The van der Waals surface area contributed by atoms with Gasteiger partial charge < -0.3 is 9.47 Å². The molecule has 5 heteroatoms. The van der Waals surface area contributed by atoms with Crippen LogP contribution in [-0.2, 0) is 9.47 Å². The van der Waals surface area contributed by atoms with Crippen LogP contribution in [0.5, 0.6) is 0 Å². The van der Waals surface area contributed by atoms with E-state index in [-0.39, 0.29) is 11.4 Å². The number of ether oxygens (including phenoxy) is 2. The van der Waals surface area contributed by atoms with Gasteiger partial charge in [0, 0.05) is 30.4 Å². The summed E-state index contributed by atoms with van der Waals surface area (Å²) in [6, 6.07) is 16.4. The molecule has 0 spiro atoms. The molecule has 0 N–H and O–H groups in total. The molecule has 3 aromatic carbocycles. The van der Waals surface area contributed by atoms with Crippen LogP contribution in [0.1, 0.15) is 10.4 Å². The van der Waals surface area contributed by atoms with Gasteiger partial charge in [0.25, 0.3) is 0 Å². The first-order valence-corrected chi connectivity index (χ1v) is 9.15. The molecule has 1 aliphatic heterocycles. The number of benzene rings is 2. The summed E-state index contributed by atoms with van der Waals surface area (Å²) in [7, 11) is 0. The molecule has 1 heterocycles. The quantitative estimate of drug-likeness (QED) is 0.667. The number of hydrogen-bond donors (Lipinski definition) is 0. The molecule has 0 aromatic heterocycles. The minimum atomic E-state index is -0.367. The molecular weight excluding hydrogens is 342 g/mol. The average Bonchev–Trinajstić information content (AvgIpc) is 2.85. The van der Waals surface area contributed by atoms with Gasteiger partial charge in [-0.3, -0.25) is 9.69 Å². The molecule has 0 unspecified atom stereocenters. The molecule has 0 amide bonds. The van der Waals surface area contributed by atoms with Crippen molar-refractivity contribution in [2.75, 3.05) is 39.5 Å². The first-order valence-electron chi connectivity index (χ1n) is 9.15. The number of fused-ring (bicyclic) bond motifs is 2. The monoisotopic (exact) mass is 363 g/mol. The molecule has 27 heavy (non-hydrogen) atoms. The second-order valence-electron chi connectivity index (χ2n) is 6.64. The number of esters is 1. The maximum Gasteiger partial charge on any atom is 0.338 e. The first-order chi connectivity index (χ1) is 13.2. The summed E-state index contributed by atoms with van der Waals surface area (Å²) in [5, 5.41) is 2.89. The van der Waals surface area contributed by atoms with Crippen LogP contribution < -0.4 is 5.43 Å². The number of rotatable bonds is 4. The number of carbonyl (C=O) groups is 1. The molecule has 3 aromatic rings. The van der Waals surface area contributed by atoms with E-state index < -0.39 is 0 Å². The van der Waals surface area contributed by atoms with Gasteiger partial charge in [-0.05, 0) is 29.0 Å². The highest BCUT2D eigenvalue weighted by Gasteiger charge is 2.13. The standard InChI is InChI=1S/C22H21NO4/c24-21-19-4-2-1-3-16(19)5-6-17-15-18(7-8-20(17)21)22(25)27-14-11-23-9-12-26-13-10-23/h1-8,15H,9-14H2. The van der Waals surface area contributed by atoms with Gasteiger partial charge in [-0.25, -0.2) is 4.79 Å². The van der Waals surface area contributed by atoms with E-state index in [2.05, 4.69) is 4.90 Å². The fourth-order valence-corrected chi connectivity index (χ4v) is 3.38. The van der Waals surface area contributed by atoms with E-state index in [9.17, 15) is 9.59 Å². The molecule has 4 rings (SSSR count). The summed E-state index contributed by atoms with van der Waals surface area (Å²) in [5.41, 5.74) is 0.428. The number of nitrogens with zero attached hydrogens (tertiary/aromatic N) is 1. The van der Waals surface area contributed by atoms with E-state index in [1.807, 2.05) is 36.4 Å². The Hall–Kier alpha value is -2.76. The van der Waals surface area contributed by atoms with E-state index in [4.69, 9.17) is 9.47 Å². The zero-order valence-electron chi connectivity index (χ0n) is 15.0. The second kappa shape index (κ2) is 7.86. The topological polar surface area (TPSA) is 55.8 Å². The van der Waals surface area contributed by atoms with Crippen molar-refractivity contribution in [2.45, 2.75) is 0 Å². The van der Waals surface area contributed by atoms with E-state index in [0.29, 0.717) is 29.5 Å². The summed E-state index contributed by atoms with van der Waals surface area (Å²) < 4.78 is 10.7. The molecule has 0 saturated carbocycles. The van der Waals surface area contributed by atoms with Crippen molar-refractivity contribution in [1.82, 2.24) is 4.90 Å². The van der Waals surface area contributed by atoms with E-state index in [1.165, 1.54) is 0 Å². The summed E-state index contributed by atoms with van der Waals surface area (Å²) >= 11 is 0. The third-order valence-electron chi connectivity index (χ3n) is 4.92. The van der Waals surface area contributed by atoms with Crippen molar-refractivity contribution < 1.29 is 14.3 Å². The van der Waals surface area contributed by atoms with Crippen LogP contribution in [0.15, 0.2) is 59.4 Å². The van der Waals surface area contributed by atoms with Crippen LogP contribution in [0.3, 0.4) is 0 Å². The van der Waals surface area contributed by atoms with Crippen molar-refractivity contribution in [3.63, 3.8) is 0 Å². The molecule has 0 atom stereocenters. The Morgan fingerprint density at radius 1 is 0.963 bits per heavy atom. The number of carbonyl (C=O) groups excluding carboxylic acids is 1. The van der Waals surface area contributed by atoms with Gasteiger partial charge in [0.15, 0.2) is 5.43 Å². The Kier molecular flexibility index (Phi) is 5.14. The zero-order chi connectivity index (χ0) is 18.6. The van der Waals surface area contributed by atoms with E-state index in [1.54, 1.807) is 18.2 Å². The lowest BCUT2D eigenvalue weighted by Gasteiger charge is -2.26. The largest absolute Gasteiger partial charge is 0.461 e. The van der Waals surface area contributed by atoms with Gasteiger partial charge in [-0.15, -0.1) is 0 Å². The van der Waals surface area contributed by atoms with Crippen LogP contribution in [0.2, 0.25) is 0 Å². The van der Waals surface area contributed by atoms with Gasteiger partial charge in [0.05, 0.1) is 18.8 Å². The summed E-state index contributed by atoms with van der Waals surface area (Å²) in [6.07, 6.45) is 0. The Morgan fingerprint density at radius 2 is 1.70 bits per heavy atom. The lowest BCUT2D eigenvalue weighted by molar-refractivity contribution is 0.0195.